The second-order valence-corrected chi connectivity index (χ2v) is 5.32. The molecule has 18 heavy (non-hydrogen) atoms. The molecule has 100 valence electrons. The molecule has 1 rings (SSSR count). The molecule has 0 unspecified atom stereocenters. The number of aryl methyl sites for hydroxylation is 2. The van der Waals surface area contributed by atoms with Crippen LogP contribution in [-0.2, 0) is 11.3 Å². The molecule has 0 aromatic heterocycles. The molecule has 1 atom stereocenters. The van der Waals surface area contributed by atoms with E-state index in [1.54, 1.807) is 0 Å². The third kappa shape index (κ3) is 4.49. The highest BCUT2D eigenvalue weighted by atomic mass is 16.4. The lowest BCUT2D eigenvalue weighted by molar-refractivity contribution is -0.140. The van der Waals surface area contributed by atoms with Gasteiger partial charge in [-0.1, -0.05) is 32.0 Å². The second kappa shape index (κ2) is 6.55. The first-order valence-corrected chi connectivity index (χ1v) is 6.42. The zero-order chi connectivity index (χ0) is 13.7. The highest BCUT2D eigenvalue weighted by Gasteiger charge is 2.17. The predicted octanol–water partition coefficient (Wildman–Crippen LogP) is 2.89. The molecule has 0 aliphatic carbocycles. The van der Waals surface area contributed by atoms with E-state index in [1.807, 2.05) is 19.9 Å². The first-order chi connectivity index (χ1) is 8.40. The Balaban J connectivity index is 2.61. The second-order valence-electron chi connectivity index (χ2n) is 5.32. The van der Waals surface area contributed by atoms with Crippen LogP contribution in [0.3, 0.4) is 0 Å². The third-order valence-electron chi connectivity index (χ3n) is 3.13. The van der Waals surface area contributed by atoms with Gasteiger partial charge in [0.05, 0.1) is 0 Å². The van der Waals surface area contributed by atoms with Gasteiger partial charge >= 0.3 is 5.97 Å². The maximum atomic E-state index is 11.1. The molecule has 0 spiro atoms. The van der Waals surface area contributed by atoms with Gasteiger partial charge in [-0.05, 0) is 42.9 Å². The average molecular weight is 249 g/mol. The van der Waals surface area contributed by atoms with Crippen molar-refractivity contribution < 1.29 is 9.90 Å². The highest BCUT2D eigenvalue weighted by molar-refractivity contribution is 5.73. The number of carboxylic acid groups (broad SMARTS) is 1. The van der Waals surface area contributed by atoms with Crippen molar-refractivity contribution in [3.63, 3.8) is 0 Å². The first-order valence-electron chi connectivity index (χ1n) is 6.42. The number of hydrogen-bond acceptors (Lipinski definition) is 2. The van der Waals surface area contributed by atoms with Crippen molar-refractivity contribution in [2.75, 3.05) is 0 Å². The van der Waals surface area contributed by atoms with Gasteiger partial charge in [0.1, 0.15) is 6.04 Å². The maximum Gasteiger partial charge on any atom is 0.320 e. The predicted molar refractivity (Wildman–Crippen MR) is 73.6 cm³/mol. The molecule has 0 amide bonds. The van der Waals surface area contributed by atoms with Crippen LogP contribution in [0.1, 0.15) is 37.0 Å². The molecule has 0 aliphatic heterocycles. The van der Waals surface area contributed by atoms with Gasteiger partial charge in [-0.2, -0.15) is 0 Å². The molecular weight excluding hydrogens is 226 g/mol. The number of aliphatic carboxylic acids is 1. The van der Waals surface area contributed by atoms with E-state index in [-0.39, 0.29) is 0 Å². The van der Waals surface area contributed by atoms with Crippen LogP contribution in [0.5, 0.6) is 0 Å². The number of hydrogen-bond donors (Lipinski definition) is 2. The van der Waals surface area contributed by atoms with E-state index >= 15 is 0 Å². The van der Waals surface area contributed by atoms with Gasteiger partial charge in [-0.25, -0.2) is 0 Å². The molecule has 0 saturated heterocycles. The number of benzene rings is 1. The van der Waals surface area contributed by atoms with Gasteiger partial charge in [0.25, 0.3) is 0 Å². The van der Waals surface area contributed by atoms with E-state index in [0.717, 1.165) is 5.56 Å². The molecule has 0 heterocycles. The van der Waals surface area contributed by atoms with Gasteiger partial charge in [0.15, 0.2) is 0 Å². The zero-order valence-corrected chi connectivity index (χ0v) is 11.7. The summed E-state index contributed by atoms with van der Waals surface area (Å²) in [6, 6.07) is 5.76. The van der Waals surface area contributed by atoms with E-state index in [0.29, 0.717) is 18.9 Å². The molecule has 0 bridgehead atoms. The van der Waals surface area contributed by atoms with E-state index in [9.17, 15) is 4.79 Å². The summed E-state index contributed by atoms with van der Waals surface area (Å²) in [5.41, 5.74) is 3.63. The lowest BCUT2D eigenvalue weighted by Crippen LogP contribution is -2.37. The number of carboxylic acids is 1. The topological polar surface area (TPSA) is 49.3 Å². The minimum absolute atomic E-state index is 0.373. The van der Waals surface area contributed by atoms with Crippen LogP contribution in [0, 0.1) is 19.8 Å². The molecule has 1 aromatic rings. The number of nitrogens with one attached hydrogen (secondary N) is 1. The summed E-state index contributed by atoms with van der Waals surface area (Å²) in [5.74, 6) is -0.397. The molecule has 0 saturated carbocycles. The molecule has 1 aromatic carbocycles. The van der Waals surface area contributed by atoms with Crippen molar-refractivity contribution in [3.05, 3.63) is 34.9 Å². The summed E-state index contributed by atoms with van der Waals surface area (Å²) in [6.45, 7) is 8.82. The van der Waals surface area contributed by atoms with Crippen LogP contribution in [-0.4, -0.2) is 17.1 Å². The summed E-state index contributed by atoms with van der Waals surface area (Å²) in [7, 11) is 0. The van der Waals surface area contributed by atoms with Crippen molar-refractivity contribution in [1.82, 2.24) is 5.32 Å². The van der Waals surface area contributed by atoms with Crippen LogP contribution in [0.25, 0.3) is 0 Å². The smallest absolute Gasteiger partial charge is 0.320 e. The number of rotatable bonds is 6. The quantitative estimate of drug-likeness (QED) is 0.815. The van der Waals surface area contributed by atoms with E-state index in [1.165, 1.54) is 11.1 Å². The molecule has 0 radical (unpaired) electrons. The van der Waals surface area contributed by atoms with Crippen LogP contribution >= 0.6 is 0 Å². The Hall–Kier alpha value is -1.35. The van der Waals surface area contributed by atoms with Crippen LogP contribution in [0.15, 0.2) is 18.2 Å². The van der Waals surface area contributed by atoms with Crippen molar-refractivity contribution in [2.24, 2.45) is 5.92 Å². The summed E-state index contributed by atoms with van der Waals surface area (Å²) in [5, 5.41) is 12.3. The van der Waals surface area contributed by atoms with Crippen molar-refractivity contribution in [1.29, 1.82) is 0 Å². The fourth-order valence-electron chi connectivity index (χ4n) is 1.90. The summed E-state index contributed by atoms with van der Waals surface area (Å²) < 4.78 is 0. The van der Waals surface area contributed by atoms with Crippen molar-refractivity contribution in [3.8, 4) is 0 Å². The van der Waals surface area contributed by atoms with E-state index < -0.39 is 12.0 Å². The van der Waals surface area contributed by atoms with Gasteiger partial charge < -0.3 is 10.4 Å². The molecule has 3 heteroatoms. The van der Waals surface area contributed by atoms with Gasteiger partial charge in [0.2, 0.25) is 0 Å². The first kappa shape index (κ1) is 14.7. The fourth-order valence-corrected chi connectivity index (χ4v) is 1.90. The molecule has 0 aliphatic rings. The van der Waals surface area contributed by atoms with Gasteiger partial charge in [-0.3, -0.25) is 4.79 Å². The number of carbonyl (C=O) groups is 1. The van der Waals surface area contributed by atoms with E-state index in [4.69, 9.17) is 5.11 Å². The largest absolute Gasteiger partial charge is 0.480 e. The van der Waals surface area contributed by atoms with Gasteiger partial charge in [0, 0.05) is 6.54 Å². The Kier molecular flexibility index (Phi) is 5.35. The highest BCUT2D eigenvalue weighted by Crippen LogP contribution is 2.11. The Labute approximate surface area is 109 Å². The standard InChI is InChI=1S/C15H23NO2/c1-10(2)7-14(15(17)18)16-9-13-6-5-11(3)12(4)8-13/h5-6,8,10,14,16H,7,9H2,1-4H3,(H,17,18)/t14-/m1/s1. The molecular formula is C15H23NO2. The van der Waals surface area contributed by atoms with Crippen LogP contribution in [0.4, 0.5) is 0 Å². The zero-order valence-electron chi connectivity index (χ0n) is 11.7. The Bertz CT molecular complexity index is 413. The summed E-state index contributed by atoms with van der Waals surface area (Å²) in [6.07, 6.45) is 0.653. The molecule has 2 N–H and O–H groups in total. The maximum absolute atomic E-state index is 11.1. The molecule has 0 fully saturated rings. The molecule has 3 nitrogen and oxygen atoms in total. The monoisotopic (exact) mass is 249 g/mol. The lowest BCUT2D eigenvalue weighted by atomic mass is 10.0. The minimum atomic E-state index is -0.771. The summed E-state index contributed by atoms with van der Waals surface area (Å²) >= 11 is 0. The Morgan fingerprint density at radius 2 is 1.94 bits per heavy atom. The van der Waals surface area contributed by atoms with Gasteiger partial charge in [-0.15, -0.1) is 0 Å². The van der Waals surface area contributed by atoms with Crippen molar-refractivity contribution >= 4 is 5.97 Å². The third-order valence-corrected chi connectivity index (χ3v) is 3.13. The lowest BCUT2D eigenvalue weighted by Gasteiger charge is -2.16. The van der Waals surface area contributed by atoms with Crippen molar-refractivity contribution in [2.45, 2.75) is 46.7 Å². The van der Waals surface area contributed by atoms with E-state index in [2.05, 4.69) is 31.3 Å². The SMILES string of the molecule is Cc1ccc(CN[C@H](CC(C)C)C(=O)O)cc1C. The minimum Gasteiger partial charge on any atom is -0.480 e. The normalized spacial score (nSPS) is 12.7. The summed E-state index contributed by atoms with van der Waals surface area (Å²) in [4.78, 5) is 11.1. The fraction of sp³-hybridized carbons (Fsp3) is 0.533. The Morgan fingerprint density at radius 3 is 2.44 bits per heavy atom. The average Bonchev–Trinajstić information content (AvgIpc) is 2.28. The van der Waals surface area contributed by atoms with Crippen LogP contribution < -0.4 is 5.32 Å². The van der Waals surface area contributed by atoms with Crippen LogP contribution in [0.2, 0.25) is 0 Å². The Morgan fingerprint density at radius 1 is 1.28 bits per heavy atom.